The van der Waals surface area contributed by atoms with E-state index >= 15 is 0 Å². The zero-order valence-corrected chi connectivity index (χ0v) is 12.1. The molecule has 0 aromatic heterocycles. The number of rotatable bonds is 5. The van der Waals surface area contributed by atoms with Crippen molar-refractivity contribution in [1.82, 2.24) is 4.90 Å². The van der Waals surface area contributed by atoms with Gasteiger partial charge in [0.05, 0.1) is 5.56 Å². The van der Waals surface area contributed by atoms with Crippen LogP contribution in [0.4, 0.5) is 13.2 Å². The molecule has 1 aromatic carbocycles. The molecular weight excluding hydrogens is 279 g/mol. The Morgan fingerprint density at radius 2 is 1.90 bits per heavy atom. The van der Waals surface area contributed by atoms with Crippen molar-refractivity contribution in [1.29, 1.82) is 0 Å². The number of piperidine rings is 1. The molecule has 21 heavy (non-hydrogen) atoms. The lowest BCUT2D eigenvalue weighted by atomic mass is 9.98. The number of nitrogens with zero attached hydrogens (tertiary/aromatic N) is 1. The Hall–Kier alpha value is -1.07. The monoisotopic (exact) mass is 301 g/mol. The van der Waals surface area contributed by atoms with E-state index in [1.807, 2.05) is 0 Å². The maximum absolute atomic E-state index is 12.5. The molecule has 2 rings (SSSR count). The van der Waals surface area contributed by atoms with Gasteiger partial charge in [-0.1, -0.05) is 12.1 Å². The van der Waals surface area contributed by atoms with E-state index in [9.17, 15) is 18.3 Å². The second kappa shape index (κ2) is 7.27. The van der Waals surface area contributed by atoms with Crippen molar-refractivity contribution in [2.45, 2.75) is 31.9 Å². The summed E-state index contributed by atoms with van der Waals surface area (Å²) in [6, 6.07) is 5.43. The van der Waals surface area contributed by atoms with E-state index in [4.69, 9.17) is 0 Å². The third kappa shape index (κ3) is 5.00. The van der Waals surface area contributed by atoms with E-state index in [0.717, 1.165) is 63.0 Å². The van der Waals surface area contributed by atoms with Crippen LogP contribution in [0, 0.1) is 5.92 Å². The summed E-state index contributed by atoms with van der Waals surface area (Å²) in [5, 5.41) is 9.19. The fourth-order valence-electron chi connectivity index (χ4n) is 2.87. The molecule has 1 saturated heterocycles. The topological polar surface area (TPSA) is 23.5 Å². The zero-order valence-electron chi connectivity index (χ0n) is 12.1. The number of aryl methyl sites for hydroxylation is 1. The molecule has 1 atom stereocenters. The van der Waals surface area contributed by atoms with Crippen LogP contribution in [0.15, 0.2) is 24.3 Å². The first-order chi connectivity index (χ1) is 9.99. The summed E-state index contributed by atoms with van der Waals surface area (Å²) in [4.78, 5) is 2.34. The minimum Gasteiger partial charge on any atom is -0.396 e. The minimum absolute atomic E-state index is 0.245. The SMILES string of the molecule is OCC1CCCN(CCCc2ccc(C(F)(F)F)cc2)C1. The smallest absolute Gasteiger partial charge is 0.396 e. The van der Waals surface area contributed by atoms with Crippen molar-refractivity contribution in [3.63, 3.8) is 0 Å². The first-order valence-corrected chi connectivity index (χ1v) is 7.48. The Labute approximate surface area is 123 Å². The van der Waals surface area contributed by atoms with Crippen LogP contribution in [0.3, 0.4) is 0 Å². The maximum Gasteiger partial charge on any atom is 0.416 e. The lowest BCUT2D eigenvalue weighted by molar-refractivity contribution is -0.137. The summed E-state index contributed by atoms with van der Waals surface area (Å²) < 4.78 is 37.4. The van der Waals surface area contributed by atoms with E-state index in [2.05, 4.69) is 4.90 Å². The highest BCUT2D eigenvalue weighted by Crippen LogP contribution is 2.29. The normalized spacial score (nSPS) is 20.7. The van der Waals surface area contributed by atoms with Gasteiger partial charge < -0.3 is 10.0 Å². The van der Waals surface area contributed by atoms with Gasteiger partial charge in [-0.15, -0.1) is 0 Å². The molecule has 1 fully saturated rings. The van der Waals surface area contributed by atoms with Gasteiger partial charge in [0.15, 0.2) is 0 Å². The lowest BCUT2D eigenvalue weighted by Crippen LogP contribution is -2.37. The number of alkyl halides is 3. The predicted octanol–water partition coefficient (Wildman–Crippen LogP) is 3.34. The molecule has 1 N–H and O–H groups in total. The standard InChI is InChI=1S/C16H22F3NO/c17-16(18,19)15-7-5-13(6-8-15)3-1-9-20-10-2-4-14(11-20)12-21/h5-8,14,21H,1-4,9-12H2. The maximum atomic E-state index is 12.5. The van der Waals surface area contributed by atoms with Crippen LogP contribution in [-0.4, -0.2) is 36.2 Å². The fraction of sp³-hybridized carbons (Fsp3) is 0.625. The van der Waals surface area contributed by atoms with Gasteiger partial charge >= 0.3 is 6.18 Å². The number of hydrogen-bond acceptors (Lipinski definition) is 2. The Morgan fingerprint density at radius 3 is 2.52 bits per heavy atom. The molecule has 118 valence electrons. The number of likely N-dealkylation sites (tertiary alicyclic amines) is 1. The fourth-order valence-corrected chi connectivity index (χ4v) is 2.87. The lowest BCUT2D eigenvalue weighted by Gasteiger charge is -2.31. The van der Waals surface area contributed by atoms with Crippen LogP contribution < -0.4 is 0 Å². The molecule has 0 saturated carbocycles. The number of hydrogen-bond donors (Lipinski definition) is 1. The van der Waals surface area contributed by atoms with Gasteiger partial charge in [-0.2, -0.15) is 13.2 Å². The Morgan fingerprint density at radius 1 is 1.19 bits per heavy atom. The molecule has 0 bridgehead atoms. The number of aliphatic hydroxyl groups is 1. The molecule has 2 nitrogen and oxygen atoms in total. The van der Waals surface area contributed by atoms with Crippen LogP contribution in [0.25, 0.3) is 0 Å². The summed E-state index contributed by atoms with van der Waals surface area (Å²) in [6.07, 6.45) is -0.328. The summed E-state index contributed by atoms with van der Waals surface area (Å²) in [5.74, 6) is 0.379. The summed E-state index contributed by atoms with van der Waals surface area (Å²) in [6.45, 7) is 3.18. The molecule has 1 aliphatic rings. The van der Waals surface area contributed by atoms with Crippen LogP contribution in [0.5, 0.6) is 0 Å². The van der Waals surface area contributed by atoms with Crippen LogP contribution in [0.1, 0.15) is 30.4 Å². The molecule has 1 heterocycles. The summed E-state index contributed by atoms with van der Waals surface area (Å²) in [5.41, 5.74) is 0.354. The first-order valence-electron chi connectivity index (χ1n) is 7.48. The number of aliphatic hydroxyl groups excluding tert-OH is 1. The average molecular weight is 301 g/mol. The van der Waals surface area contributed by atoms with Crippen molar-refractivity contribution < 1.29 is 18.3 Å². The van der Waals surface area contributed by atoms with Gasteiger partial charge in [0, 0.05) is 13.2 Å². The van der Waals surface area contributed by atoms with Gasteiger partial charge in [0.25, 0.3) is 0 Å². The molecular formula is C16H22F3NO. The van der Waals surface area contributed by atoms with Crippen LogP contribution >= 0.6 is 0 Å². The number of halogens is 3. The van der Waals surface area contributed by atoms with Crippen molar-refractivity contribution in [3.05, 3.63) is 35.4 Å². The largest absolute Gasteiger partial charge is 0.416 e. The molecule has 1 aliphatic heterocycles. The van der Waals surface area contributed by atoms with Crippen LogP contribution in [-0.2, 0) is 12.6 Å². The van der Waals surface area contributed by atoms with Crippen molar-refractivity contribution in [3.8, 4) is 0 Å². The van der Waals surface area contributed by atoms with Crippen LogP contribution in [0.2, 0.25) is 0 Å². The molecule has 1 aromatic rings. The highest BCUT2D eigenvalue weighted by molar-refractivity contribution is 5.24. The Balaban J connectivity index is 1.76. The van der Waals surface area contributed by atoms with Gasteiger partial charge in [0.2, 0.25) is 0 Å². The van der Waals surface area contributed by atoms with Crippen molar-refractivity contribution in [2.75, 3.05) is 26.2 Å². The third-order valence-corrected chi connectivity index (χ3v) is 4.08. The third-order valence-electron chi connectivity index (χ3n) is 4.08. The number of benzene rings is 1. The highest BCUT2D eigenvalue weighted by atomic mass is 19.4. The average Bonchev–Trinajstić information content (AvgIpc) is 2.47. The summed E-state index contributed by atoms with van der Waals surface area (Å²) >= 11 is 0. The Kier molecular flexibility index (Phi) is 5.65. The highest BCUT2D eigenvalue weighted by Gasteiger charge is 2.29. The second-order valence-electron chi connectivity index (χ2n) is 5.79. The Bertz CT molecular complexity index is 430. The van der Waals surface area contributed by atoms with E-state index < -0.39 is 11.7 Å². The van der Waals surface area contributed by atoms with E-state index in [1.54, 1.807) is 12.1 Å². The summed E-state index contributed by atoms with van der Waals surface area (Å²) in [7, 11) is 0. The molecule has 0 spiro atoms. The molecule has 0 amide bonds. The van der Waals surface area contributed by atoms with Gasteiger partial charge in [-0.3, -0.25) is 0 Å². The van der Waals surface area contributed by atoms with Gasteiger partial charge in [-0.25, -0.2) is 0 Å². The zero-order chi connectivity index (χ0) is 15.3. The molecule has 1 unspecified atom stereocenters. The second-order valence-corrected chi connectivity index (χ2v) is 5.79. The van der Waals surface area contributed by atoms with Gasteiger partial charge in [-0.05, 0) is 62.4 Å². The predicted molar refractivity (Wildman–Crippen MR) is 76.0 cm³/mol. The van der Waals surface area contributed by atoms with E-state index in [-0.39, 0.29) is 6.61 Å². The van der Waals surface area contributed by atoms with Crippen molar-refractivity contribution >= 4 is 0 Å². The van der Waals surface area contributed by atoms with Gasteiger partial charge in [0.1, 0.15) is 0 Å². The molecule has 0 radical (unpaired) electrons. The van der Waals surface area contributed by atoms with Crippen molar-refractivity contribution in [2.24, 2.45) is 5.92 Å². The minimum atomic E-state index is -4.26. The quantitative estimate of drug-likeness (QED) is 0.901. The van der Waals surface area contributed by atoms with E-state index in [0.29, 0.717) is 5.92 Å². The van der Waals surface area contributed by atoms with E-state index in [1.165, 1.54) is 0 Å². The molecule has 5 heteroatoms. The molecule has 0 aliphatic carbocycles. The first kappa shape index (κ1) is 16.3.